The minimum Gasteiger partial charge on any atom is -0.455 e. The molecule has 3 rings (SSSR count). The third kappa shape index (κ3) is 4.36. The van der Waals surface area contributed by atoms with Crippen molar-refractivity contribution in [2.45, 2.75) is 13.2 Å². The predicted molar refractivity (Wildman–Crippen MR) is 87.5 cm³/mol. The fraction of sp³-hybridized carbons (Fsp3) is 0.118. The average molecular weight is 362 g/mol. The highest BCUT2D eigenvalue weighted by Crippen LogP contribution is 2.24. The molecule has 0 aliphatic rings. The van der Waals surface area contributed by atoms with E-state index >= 15 is 0 Å². The van der Waals surface area contributed by atoms with E-state index in [-0.39, 0.29) is 17.9 Å². The number of nitrogens with zero attached hydrogens (tertiary/aromatic N) is 2. The summed E-state index contributed by atoms with van der Waals surface area (Å²) in [6.45, 7) is -3.10. The number of hydrogen-bond acceptors (Lipinski definition) is 6. The number of esters is 1. The van der Waals surface area contributed by atoms with Crippen LogP contribution in [-0.4, -0.2) is 22.5 Å². The Kier molecular flexibility index (Phi) is 5.30. The Morgan fingerprint density at radius 2 is 1.96 bits per heavy atom. The molecule has 0 bridgehead atoms. The number of carbonyl (C=O) groups excluding carboxylic acids is 1. The Bertz CT molecular complexity index is 856. The SMILES string of the molecule is O=C(OCc1csc(-c2ccccn2)n1)c1ccccc1OC(F)F. The van der Waals surface area contributed by atoms with Crippen LogP contribution in [0.2, 0.25) is 0 Å². The largest absolute Gasteiger partial charge is 0.455 e. The number of rotatable bonds is 6. The molecule has 25 heavy (non-hydrogen) atoms. The Labute approximate surface area is 145 Å². The Morgan fingerprint density at radius 1 is 1.16 bits per heavy atom. The van der Waals surface area contributed by atoms with Gasteiger partial charge in [0.25, 0.3) is 0 Å². The molecule has 0 saturated heterocycles. The van der Waals surface area contributed by atoms with Gasteiger partial charge >= 0.3 is 12.6 Å². The van der Waals surface area contributed by atoms with E-state index in [9.17, 15) is 13.6 Å². The first kappa shape index (κ1) is 17.0. The van der Waals surface area contributed by atoms with Gasteiger partial charge in [0.2, 0.25) is 0 Å². The van der Waals surface area contributed by atoms with Gasteiger partial charge in [-0.2, -0.15) is 8.78 Å². The van der Waals surface area contributed by atoms with E-state index < -0.39 is 12.6 Å². The number of thiazole rings is 1. The molecule has 5 nitrogen and oxygen atoms in total. The van der Waals surface area contributed by atoms with Crippen molar-refractivity contribution in [3.05, 3.63) is 65.3 Å². The molecule has 0 N–H and O–H groups in total. The number of aromatic nitrogens is 2. The van der Waals surface area contributed by atoms with Gasteiger partial charge in [-0.05, 0) is 24.3 Å². The molecule has 0 aliphatic heterocycles. The number of alkyl halides is 2. The van der Waals surface area contributed by atoms with Gasteiger partial charge in [0.05, 0.1) is 11.4 Å². The van der Waals surface area contributed by atoms with Crippen LogP contribution in [0.15, 0.2) is 54.0 Å². The van der Waals surface area contributed by atoms with Gasteiger partial charge in [0, 0.05) is 11.6 Å². The lowest BCUT2D eigenvalue weighted by molar-refractivity contribution is -0.0505. The van der Waals surface area contributed by atoms with Crippen molar-refractivity contribution in [2.75, 3.05) is 0 Å². The van der Waals surface area contributed by atoms with E-state index in [2.05, 4.69) is 14.7 Å². The van der Waals surface area contributed by atoms with E-state index in [1.165, 1.54) is 35.6 Å². The molecule has 1 aromatic carbocycles. The van der Waals surface area contributed by atoms with Crippen LogP contribution in [0, 0.1) is 0 Å². The zero-order valence-corrected chi connectivity index (χ0v) is 13.6. The lowest BCUT2D eigenvalue weighted by Crippen LogP contribution is -2.10. The average Bonchev–Trinajstić information content (AvgIpc) is 3.09. The van der Waals surface area contributed by atoms with Crippen LogP contribution in [0.5, 0.6) is 5.75 Å². The fourth-order valence-corrected chi connectivity index (χ4v) is 2.81. The molecule has 0 atom stereocenters. The van der Waals surface area contributed by atoms with Crippen LogP contribution in [-0.2, 0) is 11.3 Å². The number of pyridine rings is 1. The minimum absolute atomic E-state index is 0.0667. The predicted octanol–water partition coefficient (Wildman–Crippen LogP) is 4.16. The number of benzene rings is 1. The summed E-state index contributed by atoms with van der Waals surface area (Å²) in [5, 5.41) is 2.45. The Morgan fingerprint density at radius 3 is 2.72 bits per heavy atom. The summed E-state index contributed by atoms with van der Waals surface area (Å²) >= 11 is 1.37. The minimum atomic E-state index is -3.02. The number of carbonyl (C=O) groups is 1. The van der Waals surface area contributed by atoms with Crippen LogP contribution in [0.4, 0.5) is 8.78 Å². The molecule has 0 unspecified atom stereocenters. The third-order valence-corrected chi connectivity index (χ3v) is 4.02. The zero-order chi connectivity index (χ0) is 17.6. The fourth-order valence-electron chi connectivity index (χ4n) is 2.03. The molecule has 3 aromatic rings. The molecule has 0 saturated carbocycles. The second-order valence-electron chi connectivity index (χ2n) is 4.81. The topological polar surface area (TPSA) is 61.3 Å². The van der Waals surface area contributed by atoms with Crippen LogP contribution in [0.3, 0.4) is 0 Å². The van der Waals surface area contributed by atoms with Gasteiger partial charge in [-0.3, -0.25) is 4.98 Å². The highest BCUT2D eigenvalue weighted by molar-refractivity contribution is 7.13. The smallest absolute Gasteiger partial charge is 0.387 e. The van der Waals surface area contributed by atoms with Crippen molar-refractivity contribution in [1.29, 1.82) is 0 Å². The van der Waals surface area contributed by atoms with Crippen LogP contribution in [0.25, 0.3) is 10.7 Å². The van der Waals surface area contributed by atoms with E-state index in [0.29, 0.717) is 10.7 Å². The van der Waals surface area contributed by atoms with Gasteiger partial charge in [0.15, 0.2) is 0 Å². The maximum absolute atomic E-state index is 12.4. The first-order valence-electron chi connectivity index (χ1n) is 7.20. The summed E-state index contributed by atoms with van der Waals surface area (Å²) in [5.41, 5.74) is 1.20. The summed E-state index contributed by atoms with van der Waals surface area (Å²) in [4.78, 5) is 20.7. The normalized spacial score (nSPS) is 10.7. The van der Waals surface area contributed by atoms with E-state index in [4.69, 9.17) is 4.74 Å². The molecular weight excluding hydrogens is 350 g/mol. The summed E-state index contributed by atoms with van der Waals surface area (Å²) in [7, 11) is 0. The van der Waals surface area contributed by atoms with Gasteiger partial charge in [-0.1, -0.05) is 18.2 Å². The van der Waals surface area contributed by atoms with E-state index in [1.807, 2.05) is 12.1 Å². The van der Waals surface area contributed by atoms with Crippen LogP contribution < -0.4 is 4.74 Å². The maximum Gasteiger partial charge on any atom is 0.387 e. The number of halogens is 2. The molecule has 8 heteroatoms. The molecule has 128 valence electrons. The second kappa shape index (κ2) is 7.80. The molecule has 2 aromatic heterocycles. The van der Waals surface area contributed by atoms with Crippen molar-refractivity contribution in [3.8, 4) is 16.5 Å². The lowest BCUT2D eigenvalue weighted by atomic mass is 10.2. The first-order valence-corrected chi connectivity index (χ1v) is 8.08. The molecular formula is C17H12F2N2O3S. The summed E-state index contributed by atoms with van der Waals surface area (Å²) in [6.07, 6.45) is 1.66. The third-order valence-electron chi connectivity index (χ3n) is 3.11. The maximum atomic E-state index is 12.4. The van der Waals surface area contributed by atoms with Gasteiger partial charge in [0.1, 0.15) is 22.9 Å². The summed E-state index contributed by atoms with van der Waals surface area (Å²) in [6, 6.07) is 11.2. The second-order valence-corrected chi connectivity index (χ2v) is 5.67. The van der Waals surface area contributed by atoms with Crippen molar-refractivity contribution < 1.29 is 23.0 Å². The molecule has 2 heterocycles. The summed E-state index contributed by atoms with van der Waals surface area (Å²) < 4.78 is 34.2. The van der Waals surface area contributed by atoms with Gasteiger partial charge in [-0.25, -0.2) is 9.78 Å². The number of ether oxygens (including phenoxy) is 2. The van der Waals surface area contributed by atoms with Crippen LogP contribution >= 0.6 is 11.3 Å². The summed E-state index contributed by atoms with van der Waals surface area (Å²) in [5.74, 6) is -0.987. The molecule has 0 fully saturated rings. The molecule has 0 radical (unpaired) electrons. The highest BCUT2D eigenvalue weighted by Gasteiger charge is 2.17. The monoisotopic (exact) mass is 362 g/mol. The first-order chi connectivity index (χ1) is 12.1. The highest BCUT2D eigenvalue weighted by atomic mass is 32.1. The van der Waals surface area contributed by atoms with E-state index in [1.54, 1.807) is 17.6 Å². The molecule has 0 aliphatic carbocycles. The van der Waals surface area contributed by atoms with Crippen molar-refractivity contribution in [1.82, 2.24) is 9.97 Å². The number of para-hydroxylation sites is 1. The zero-order valence-electron chi connectivity index (χ0n) is 12.8. The van der Waals surface area contributed by atoms with Crippen molar-refractivity contribution >= 4 is 17.3 Å². The quantitative estimate of drug-likeness (QED) is 0.616. The van der Waals surface area contributed by atoms with Crippen LogP contribution in [0.1, 0.15) is 16.1 Å². The molecule has 0 amide bonds. The Balaban J connectivity index is 1.66. The van der Waals surface area contributed by atoms with Gasteiger partial charge < -0.3 is 9.47 Å². The van der Waals surface area contributed by atoms with Gasteiger partial charge in [-0.15, -0.1) is 11.3 Å². The standard InChI is InChI=1S/C17H12F2N2O3S/c18-17(19)24-14-7-2-1-5-12(14)16(22)23-9-11-10-25-15(21-11)13-6-3-4-8-20-13/h1-8,10,17H,9H2. The van der Waals surface area contributed by atoms with E-state index in [0.717, 1.165) is 5.69 Å². The van der Waals surface area contributed by atoms with Crippen molar-refractivity contribution in [2.24, 2.45) is 0 Å². The van der Waals surface area contributed by atoms with Crippen molar-refractivity contribution in [3.63, 3.8) is 0 Å². The number of hydrogen-bond donors (Lipinski definition) is 0. The lowest BCUT2D eigenvalue weighted by Gasteiger charge is -2.09. The molecule has 0 spiro atoms. The Hall–Kier alpha value is -2.87.